The van der Waals surface area contributed by atoms with Crippen LogP contribution in [-0.4, -0.2) is 33.3 Å². The third-order valence-electron chi connectivity index (χ3n) is 4.87. The molecule has 0 saturated carbocycles. The molecule has 0 aliphatic carbocycles. The maximum Gasteiger partial charge on any atom is 0.460 e. The molecule has 0 N–H and O–H groups in total. The van der Waals surface area contributed by atoms with E-state index in [1.54, 1.807) is 0 Å². The lowest BCUT2D eigenvalue weighted by Gasteiger charge is -2.43. The molecule has 0 aliphatic heterocycles. The standard InChI is InChI=1S/C17H24F11I/c1-3-5-6-7-8-9-10-12(29,4-2)11-13(18,16(23,24)25)14(19,20)15(21,22)17(26,27)28/h3-11H2,1-2H3. The van der Waals surface area contributed by atoms with Crippen molar-refractivity contribution < 1.29 is 48.3 Å². The Morgan fingerprint density at radius 1 is 0.586 bits per heavy atom. The first-order chi connectivity index (χ1) is 12.8. The molecular formula is C17H24F11I. The first-order valence-electron chi connectivity index (χ1n) is 9.10. The van der Waals surface area contributed by atoms with Gasteiger partial charge in [-0.25, -0.2) is 4.39 Å². The zero-order valence-electron chi connectivity index (χ0n) is 15.9. The molecule has 2 unspecified atom stereocenters. The Bertz CT molecular complexity index is 501. The van der Waals surface area contributed by atoms with Gasteiger partial charge < -0.3 is 0 Å². The summed E-state index contributed by atoms with van der Waals surface area (Å²) in [7, 11) is 0. The number of halogens is 12. The largest absolute Gasteiger partial charge is 0.460 e. The summed E-state index contributed by atoms with van der Waals surface area (Å²) in [6, 6.07) is 0. The van der Waals surface area contributed by atoms with Crippen LogP contribution in [0, 0.1) is 0 Å². The van der Waals surface area contributed by atoms with E-state index in [1.807, 2.05) is 6.92 Å². The van der Waals surface area contributed by atoms with Crippen molar-refractivity contribution in [2.24, 2.45) is 0 Å². The molecule has 12 heteroatoms. The number of hydrogen-bond donors (Lipinski definition) is 0. The smallest absolute Gasteiger partial charge is 0.227 e. The van der Waals surface area contributed by atoms with Crippen LogP contribution < -0.4 is 0 Å². The molecule has 0 fully saturated rings. The monoisotopic (exact) mass is 564 g/mol. The molecule has 0 rings (SSSR count). The van der Waals surface area contributed by atoms with Gasteiger partial charge in [-0.1, -0.05) is 75.0 Å². The van der Waals surface area contributed by atoms with Crippen LogP contribution >= 0.6 is 22.6 Å². The lowest BCUT2D eigenvalue weighted by Crippen LogP contribution is -2.68. The topological polar surface area (TPSA) is 0 Å². The molecule has 0 aliphatic rings. The van der Waals surface area contributed by atoms with Gasteiger partial charge in [0.25, 0.3) is 5.67 Å². The molecular weight excluding hydrogens is 540 g/mol. The van der Waals surface area contributed by atoms with Crippen molar-refractivity contribution in [1.29, 1.82) is 0 Å². The highest BCUT2D eigenvalue weighted by molar-refractivity contribution is 14.1. The van der Waals surface area contributed by atoms with Crippen LogP contribution in [0.5, 0.6) is 0 Å². The lowest BCUT2D eigenvalue weighted by molar-refractivity contribution is -0.413. The molecule has 29 heavy (non-hydrogen) atoms. The normalized spacial score (nSPS) is 18.4. The molecule has 0 amide bonds. The molecule has 0 aromatic carbocycles. The van der Waals surface area contributed by atoms with Gasteiger partial charge in [0.1, 0.15) is 0 Å². The van der Waals surface area contributed by atoms with Crippen LogP contribution in [-0.2, 0) is 0 Å². The van der Waals surface area contributed by atoms with Gasteiger partial charge in [0.2, 0.25) is 0 Å². The van der Waals surface area contributed by atoms with Crippen molar-refractivity contribution in [2.75, 3.05) is 0 Å². The SMILES string of the molecule is CCCCCCCCC(I)(CC)CC(F)(C(F)(F)F)C(F)(F)C(F)(F)C(F)(F)F. The Kier molecular flexibility index (Phi) is 10.0. The molecule has 0 aromatic rings. The second-order valence-corrected chi connectivity index (χ2v) is 9.43. The number of hydrogen-bond acceptors (Lipinski definition) is 0. The minimum atomic E-state index is -7.20. The van der Waals surface area contributed by atoms with E-state index in [1.165, 1.54) is 29.5 Å². The van der Waals surface area contributed by atoms with E-state index in [0.717, 1.165) is 19.3 Å². The van der Waals surface area contributed by atoms with Crippen molar-refractivity contribution in [3.63, 3.8) is 0 Å². The molecule has 0 bridgehead atoms. The van der Waals surface area contributed by atoms with E-state index < -0.39 is 39.7 Å². The van der Waals surface area contributed by atoms with Gasteiger partial charge in [-0.2, -0.15) is 43.9 Å². The first kappa shape index (κ1) is 29.0. The van der Waals surface area contributed by atoms with Crippen LogP contribution in [0.1, 0.15) is 71.6 Å². The Balaban J connectivity index is 5.76. The highest BCUT2D eigenvalue weighted by Gasteiger charge is 2.86. The second-order valence-electron chi connectivity index (χ2n) is 7.14. The van der Waals surface area contributed by atoms with Gasteiger partial charge in [-0.3, -0.25) is 0 Å². The summed E-state index contributed by atoms with van der Waals surface area (Å²) >= 11 is 1.26. The predicted molar refractivity (Wildman–Crippen MR) is 95.5 cm³/mol. The highest BCUT2D eigenvalue weighted by Crippen LogP contribution is 2.60. The van der Waals surface area contributed by atoms with E-state index in [2.05, 4.69) is 0 Å². The second kappa shape index (κ2) is 10.1. The minimum Gasteiger partial charge on any atom is -0.227 e. The van der Waals surface area contributed by atoms with E-state index in [0.29, 0.717) is 12.8 Å². The molecule has 176 valence electrons. The maximum absolute atomic E-state index is 14.6. The zero-order valence-corrected chi connectivity index (χ0v) is 18.1. The van der Waals surface area contributed by atoms with E-state index in [4.69, 9.17) is 0 Å². The van der Waals surface area contributed by atoms with Crippen LogP contribution in [0.3, 0.4) is 0 Å². The fourth-order valence-corrected chi connectivity index (χ4v) is 3.77. The molecule has 2 atom stereocenters. The summed E-state index contributed by atoms with van der Waals surface area (Å²) in [5.41, 5.74) is -6.06. The fraction of sp³-hybridized carbons (Fsp3) is 1.00. The van der Waals surface area contributed by atoms with Gasteiger partial charge in [-0.15, -0.1) is 0 Å². The molecule has 0 saturated heterocycles. The molecule has 0 radical (unpaired) electrons. The summed E-state index contributed by atoms with van der Waals surface area (Å²) in [6.07, 6.45) is -12.4. The maximum atomic E-state index is 14.6. The fourth-order valence-electron chi connectivity index (χ4n) is 2.86. The summed E-state index contributed by atoms with van der Waals surface area (Å²) in [5, 5.41) is 0. The van der Waals surface area contributed by atoms with Crippen molar-refractivity contribution in [1.82, 2.24) is 0 Å². The highest BCUT2D eigenvalue weighted by atomic mass is 127. The summed E-state index contributed by atoms with van der Waals surface area (Å²) in [5.74, 6) is -14.2. The van der Waals surface area contributed by atoms with Gasteiger partial charge in [-0.05, 0) is 12.8 Å². The third-order valence-corrected chi connectivity index (χ3v) is 6.55. The van der Waals surface area contributed by atoms with E-state index in [9.17, 15) is 48.3 Å². The van der Waals surface area contributed by atoms with Gasteiger partial charge >= 0.3 is 24.2 Å². The average molecular weight is 564 g/mol. The quantitative estimate of drug-likeness (QED) is 0.0962. The molecule has 0 nitrogen and oxygen atoms in total. The van der Waals surface area contributed by atoms with Crippen molar-refractivity contribution in [2.45, 2.75) is 105 Å². The molecule has 0 heterocycles. The van der Waals surface area contributed by atoms with E-state index in [-0.39, 0.29) is 19.3 Å². The number of unbranched alkanes of at least 4 members (excludes halogenated alkanes) is 5. The number of rotatable bonds is 12. The molecule has 0 aromatic heterocycles. The average Bonchev–Trinajstić information content (AvgIpc) is 2.55. The third kappa shape index (κ3) is 6.47. The lowest BCUT2D eigenvalue weighted by atomic mass is 9.80. The first-order valence-corrected chi connectivity index (χ1v) is 10.2. The zero-order chi connectivity index (χ0) is 23.4. The van der Waals surface area contributed by atoms with Crippen LogP contribution in [0.4, 0.5) is 48.3 Å². The summed E-state index contributed by atoms with van der Waals surface area (Å²) in [4.78, 5) is 0. The van der Waals surface area contributed by atoms with Crippen LogP contribution in [0.15, 0.2) is 0 Å². The Morgan fingerprint density at radius 3 is 1.41 bits per heavy atom. The summed E-state index contributed by atoms with van der Waals surface area (Å²) < 4.78 is 143. The summed E-state index contributed by atoms with van der Waals surface area (Å²) in [6.45, 7) is 3.18. The van der Waals surface area contributed by atoms with Gasteiger partial charge in [0, 0.05) is 9.84 Å². The van der Waals surface area contributed by atoms with Crippen molar-refractivity contribution >= 4 is 22.6 Å². The van der Waals surface area contributed by atoms with E-state index >= 15 is 0 Å². The van der Waals surface area contributed by atoms with Crippen LogP contribution in [0.25, 0.3) is 0 Å². The van der Waals surface area contributed by atoms with Gasteiger partial charge in [0.05, 0.1) is 0 Å². The van der Waals surface area contributed by atoms with Crippen molar-refractivity contribution in [3.8, 4) is 0 Å². The Hall–Kier alpha value is -0.0400. The Labute approximate surface area is 176 Å². The predicted octanol–water partition coefficient (Wildman–Crippen LogP) is 8.81. The van der Waals surface area contributed by atoms with Crippen LogP contribution in [0.2, 0.25) is 0 Å². The van der Waals surface area contributed by atoms with Crippen molar-refractivity contribution in [3.05, 3.63) is 0 Å². The Morgan fingerprint density at radius 2 is 1.03 bits per heavy atom. The molecule has 0 spiro atoms. The number of alkyl halides is 12. The minimum absolute atomic E-state index is 0.204. The van der Waals surface area contributed by atoms with Gasteiger partial charge in [0.15, 0.2) is 0 Å².